The van der Waals surface area contributed by atoms with Crippen LogP contribution >= 0.6 is 0 Å². The van der Waals surface area contributed by atoms with E-state index in [1.165, 1.54) is 5.57 Å². The third-order valence-corrected chi connectivity index (χ3v) is 6.27. The van der Waals surface area contributed by atoms with Gasteiger partial charge in [0.05, 0.1) is 30.5 Å². The lowest BCUT2D eigenvalue weighted by molar-refractivity contribution is -0.127. The van der Waals surface area contributed by atoms with Gasteiger partial charge in [0, 0.05) is 38.8 Å². The van der Waals surface area contributed by atoms with E-state index < -0.39 is 18.3 Å². The number of hydrogen-bond donors (Lipinski definition) is 6. The highest BCUT2D eigenvalue weighted by molar-refractivity contribution is 5.81. The molecule has 3 saturated heterocycles. The number of carbonyl (C=O) groups excluding carboxylic acids is 1. The van der Waals surface area contributed by atoms with E-state index in [2.05, 4.69) is 51.6 Å². The molecule has 0 radical (unpaired) electrons. The monoisotopic (exact) mass is 382 g/mol. The predicted molar refractivity (Wildman–Crippen MR) is 99.9 cm³/mol. The molecule has 7 atom stereocenters. The van der Waals surface area contributed by atoms with Crippen molar-refractivity contribution in [3.8, 4) is 0 Å². The molecule has 0 aromatic heterocycles. The van der Waals surface area contributed by atoms with Crippen LogP contribution in [0, 0.1) is 5.92 Å². The molecule has 0 aromatic rings. The van der Waals surface area contributed by atoms with Crippen LogP contribution in [-0.4, -0.2) is 92.3 Å². The Labute approximate surface area is 159 Å². The smallest absolute Gasteiger partial charge is 0.229 e. The third kappa shape index (κ3) is 3.63. The number of nitrogens with zero attached hydrogens (tertiary/aromatic N) is 2. The van der Waals surface area contributed by atoms with Crippen molar-refractivity contribution in [1.29, 1.82) is 0 Å². The first-order valence-electron chi connectivity index (χ1n) is 9.78. The number of alkyl halides is 1. The van der Waals surface area contributed by atoms with Gasteiger partial charge in [-0.1, -0.05) is 6.08 Å². The van der Waals surface area contributed by atoms with Crippen LogP contribution in [0.15, 0.2) is 11.6 Å². The summed E-state index contributed by atoms with van der Waals surface area (Å²) in [6.07, 6.45) is 0.705. The van der Waals surface area contributed by atoms with Gasteiger partial charge in [-0.2, -0.15) is 0 Å². The summed E-state index contributed by atoms with van der Waals surface area (Å²) < 4.78 is 13.6. The van der Waals surface area contributed by atoms with Crippen LogP contribution < -0.4 is 32.4 Å². The molecule has 0 bridgehead atoms. The van der Waals surface area contributed by atoms with Crippen LogP contribution in [0.5, 0.6) is 0 Å². The number of nitrogens with one attached hydrogen (secondary N) is 5. The number of amides is 1. The Kier molecular flexibility index (Phi) is 5.48. The molecule has 0 spiro atoms. The number of fused-ring (bicyclic) bond motifs is 1. The van der Waals surface area contributed by atoms with Gasteiger partial charge in [0.2, 0.25) is 5.91 Å². The minimum absolute atomic E-state index is 0.0791. The average Bonchev–Trinajstić information content (AvgIpc) is 3.14. The Morgan fingerprint density at radius 2 is 2.15 bits per heavy atom. The van der Waals surface area contributed by atoms with Gasteiger partial charge in [-0.05, 0) is 19.5 Å². The van der Waals surface area contributed by atoms with E-state index in [9.17, 15) is 9.18 Å². The zero-order valence-electron chi connectivity index (χ0n) is 15.9. The molecule has 152 valence electrons. The van der Waals surface area contributed by atoms with Gasteiger partial charge in [0.25, 0.3) is 0 Å². The highest BCUT2D eigenvalue weighted by Gasteiger charge is 2.47. The zero-order chi connectivity index (χ0) is 19.1. The second-order valence-corrected chi connectivity index (χ2v) is 7.97. The molecular weight excluding hydrogens is 351 g/mol. The van der Waals surface area contributed by atoms with Gasteiger partial charge in [-0.3, -0.25) is 15.0 Å². The molecule has 0 aliphatic carbocycles. The van der Waals surface area contributed by atoms with Crippen molar-refractivity contribution in [2.24, 2.45) is 11.7 Å². The van der Waals surface area contributed by atoms with Gasteiger partial charge < -0.3 is 21.7 Å². The average molecular weight is 382 g/mol. The highest BCUT2D eigenvalue weighted by Crippen LogP contribution is 2.24. The molecule has 7 unspecified atom stereocenters. The van der Waals surface area contributed by atoms with Crippen molar-refractivity contribution >= 4 is 5.91 Å². The second kappa shape index (κ2) is 7.70. The van der Waals surface area contributed by atoms with Gasteiger partial charge in [0.1, 0.15) is 6.17 Å². The molecule has 27 heavy (non-hydrogen) atoms. The van der Waals surface area contributed by atoms with Crippen molar-refractivity contribution in [1.82, 2.24) is 36.6 Å². The lowest BCUT2D eigenvalue weighted by Gasteiger charge is -2.36. The maximum Gasteiger partial charge on any atom is 0.229 e. The second-order valence-electron chi connectivity index (χ2n) is 7.97. The standard InChI is InChI=1S/C17H31FN8O/c1-9-21-7-13(25(9)2)11-3-4-20-6-12(11)23-17(27)14-15(19)24-26-8-10(18)5-22-16(14)26/h3,9-10,12-16,20-22,24H,4-8,19H2,1-2H3,(H,23,27). The molecule has 0 saturated carbocycles. The number of likely N-dealkylation sites (N-methyl/N-ethyl adjacent to an activating group) is 1. The SMILES string of the molecule is CC1NCC(C2=CCNCC2NC(=O)C2C(N)NN3CC(F)CNC23)N1C. The highest BCUT2D eigenvalue weighted by atomic mass is 19.1. The molecule has 4 rings (SSSR count). The number of nitrogens with two attached hydrogens (primary N) is 1. The maximum absolute atomic E-state index is 13.6. The van der Waals surface area contributed by atoms with E-state index >= 15 is 0 Å². The molecule has 10 heteroatoms. The van der Waals surface area contributed by atoms with E-state index in [1.807, 2.05) is 0 Å². The normalized spacial score (nSPS) is 43.4. The number of rotatable bonds is 3. The summed E-state index contributed by atoms with van der Waals surface area (Å²) >= 11 is 0. The van der Waals surface area contributed by atoms with Crippen molar-refractivity contribution < 1.29 is 9.18 Å². The zero-order valence-corrected chi connectivity index (χ0v) is 15.9. The van der Waals surface area contributed by atoms with Crippen LogP contribution in [0.1, 0.15) is 6.92 Å². The first-order valence-corrected chi connectivity index (χ1v) is 9.78. The largest absolute Gasteiger partial charge is 0.348 e. The molecule has 4 aliphatic rings. The Balaban J connectivity index is 1.45. The van der Waals surface area contributed by atoms with E-state index in [-0.39, 0.29) is 37.2 Å². The quantitative estimate of drug-likeness (QED) is 0.292. The summed E-state index contributed by atoms with van der Waals surface area (Å²) in [5.41, 5.74) is 10.4. The van der Waals surface area contributed by atoms with Gasteiger partial charge in [-0.15, -0.1) is 0 Å². The molecule has 0 aromatic carbocycles. The molecular formula is C17H31FN8O. The topological polar surface area (TPSA) is 110 Å². The number of hydrazine groups is 1. The Hall–Kier alpha value is -1.14. The number of carbonyl (C=O) groups is 1. The van der Waals surface area contributed by atoms with Gasteiger partial charge >= 0.3 is 0 Å². The van der Waals surface area contributed by atoms with E-state index in [0.717, 1.165) is 13.1 Å². The van der Waals surface area contributed by atoms with Crippen molar-refractivity contribution in [3.05, 3.63) is 11.6 Å². The fourth-order valence-corrected chi connectivity index (χ4v) is 4.62. The molecule has 1 amide bonds. The predicted octanol–water partition coefficient (Wildman–Crippen LogP) is -2.76. The van der Waals surface area contributed by atoms with Crippen molar-refractivity contribution in [3.63, 3.8) is 0 Å². The van der Waals surface area contributed by atoms with Crippen LogP contribution in [-0.2, 0) is 4.79 Å². The summed E-state index contributed by atoms with van der Waals surface area (Å²) in [6.45, 7) is 4.99. The van der Waals surface area contributed by atoms with Gasteiger partial charge in [0.15, 0.2) is 0 Å². The summed E-state index contributed by atoms with van der Waals surface area (Å²) in [4.78, 5) is 15.4. The van der Waals surface area contributed by atoms with Crippen LogP contribution in [0.2, 0.25) is 0 Å². The minimum atomic E-state index is -0.966. The van der Waals surface area contributed by atoms with E-state index in [1.54, 1.807) is 5.01 Å². The summed E-state index contributed by atoms with van der Waals surface area (Å²) in [5.74, 6) is -0.576. The maximum atomic E-state index is 13.6. The minimum Gasteiger partial charge on any atom is -0.348 e. The number of halogens is 1. The first kappa shape index (κ1) is 19.2. The van der Waals surface area contributed by atoms with Crippen LogP contribution in [0.3, 0.4) is 0 Å². The third-order valence-electron chi connectivity index (χ3n) is 6.27. The summed E-state index contributed by atoms with van der Waals surface area (Å²) in [6, 6.07) is 0.184. The Bertz CT molecular complexity index is 603. The molecule has 7 N–H and O–H groups in total. The van der Waals surface area contributed by atoms with Crippen LogP contribution in [0.25, 0.3) is 0 Å². The molecule has 3 fully saturated rings. The summed E-state index contributed by atoms with van der Waals surface area (Å²) in [5, 5.41) is 14.8. The molecule has 4 heterocycles. The van der Waals surface area contributed by atoms with Crippen molar-refractivity contribution in [2.75, 3.05) is 39.8 Å². The molecule has 9 nitrogen and oxygen atoms in total. The lowest BCUT2D eigenvalue weighted by Crippen LogP contribution is -2.60. The number of hydrogen-bond acceptors (Lipinski definition) is 8. The van der Waals surface area contributed by atoms with Crippen LogP contribution in [0.4, 0.5) is 4.39 Å². The van der Waals surface area contributed by atoms with E-state index in [4.69, 9.17) is 5.73 Å². The lowest BCUT2D eigenvalue weighted by atomic mass is 9.94. The van der Waals surface area contributed by atoms with Gasteiger partial charge in [-0.25, -0.2) is 14.8 Å². The first-order chi connectivity index (χ1) is 13.0. The van der Waals surface area contributed by atoms with Crippen molar-refractivity contribution in [2.45, 2.75) is 43.7 Å². The molecule has 4 aliphatic heterocycles. The Morgan fingerprint density at radius 3 is 2.89 bits per heavy atom. The fourth-order valence-electron chi connectivity index (χ4n) is 4.62. The Morgan fingerprint density at radius 1 is 1.33 bits per heavy atom. The fraction of sp³-hybridized carbons (Fsp3) is 0.824. The van der Waals surface area contributed by atoms with E-state index in [0.29, 0.717) is 12.7 Å². The summed E-state index contributed by atoms with van der Waals surface area (Å²) in [7, 11) is 2.10.